The number of amides is 1. The fourth-order valence-corrected chi connectivity index (χ4v) is 3.89. The van der Waals surface area contributed by atoms with Crippen LogP contribution in [0.1, 0.15) is 32.3 Å². The summed E-state index contributed by atoms with van der Waals surface area (Å²) >= 11 is 0. The number of rotatable bonds is 7. The number of morpholine rings is 1. The zero-order valence-electron chi connectivity index (χ0n) is 15.9. The molecule has 0 aromatic heterocycles. The van der Waals surface area contributed by atoms with Crippen molar-refractivity contribution >= 4 is 12.0 Å². The number of fused-ring (bicyclic) bond motifs is 1. The molecule has 0 bridgehead atoms. The number of para-hydroxylation sites is 1. The minimum absolute atomic E-state index is 0.0243. The molecule has 0 aliphatic carbocycles. The lowest BCUT2D eigenvalue weighted by molar-refractivity contribution is -0.118. The third-order valence-electron chi connectivity index (χ3n) is 5.50. The fraction of sp³-hybridized carbons (Fsp3) is 0.571. The van der Waals surface area contributed by atoms with E-state index in [1.807, 2.05) is 30.3 Å². The Kier molecular flexibility index (Phi) is 6.69. The van der Waals surface area contributed by atoms with Crippen molar-refractivity contribution in [3.8, 4) is 5.75 Å². The zero-order chi connectivity index (χ0) is 18.4. The van der Waals surface area contributed by atoms with Gasteiger partial charge in [0.05, 0.1) is 18.8 Å². The highest BCUT2D eigenvalue weighted by Crippen LogP contribution is 2.26. The van der Waals surface area contributed by atoms with Gasteiger partial charge >= 0.3 is 0 Å². The highest BCUT2D eigenvalue weighted by Gasteiger charge is 2.28. The average molecular weight is 358 g/mol. The van der Waals surface area contributed by atoms with Crippen LogP contribution < -0.4 is 10.1 Å². The largest absolute Gasteiger partial charge is 0.488 e. The molecule has 3 rings (SSSR count). The molecule has 2 aliphatic heterocycles. The normalized spacial score (nSPS) is 18.7. The van der Waals surface area contributed by atoms with Crippen LogP contribution in [0.15, 0.2) is 29.8 Å². The van der Waals surface area contributed by atoms with Gasteiger partial charge in [-0.25, -0.2) is 0 Å². The summed E-state index contributed by atoms with van der Waals surface area (Å²) in [6, 6.07) is 8.17. The first-order chi connectivity index (χ1) is 12.7. The molecule has 1 amide bonds. The van der Waals surface area contributed by atoms with E-state index in [0.717, 1.165) is 50.5 Å². The van der Waals surface area contributed by atoms with Gasteiger partial charge in [-0.05, 0) is 18.1 Å². The van der Waals surface area contributed by atoms with E-state index in [4.69, 9.17) is 9.47 Å². The Bertz CT molecular complexity index is 634. The van der Waals surface area contributed by atoms with Crippen LogP contribution in [0, 0.1) is 5.92 Å². The average Bonchev–Trinajstić information content (AvgIpc) is 2.71. The first-order valence-corrected chi connectivity index (χ1v) is 9.75. The maximum absolute atomic E-state index is 12.7. The van der Waals surface area contributed by atoms with Crippen LogP contribution in [0.25, 0.3) is 6.08 Å². The molecule has 1 saturated heterocycles. The van der Waals surface area contributed by atoms with E-state index < -0.39 is 0 Å². The first-order valence-electron chi connectivity index (χ1n) is 9.75. The number of carbonyl (C=O) groups is 1. The number of nitrogens with zero attached hydrogens (tertiary/aromatic N) is 1. The van der Waals surface area contributed by atoms with Crippen molar-refractivity contribution in [1.29, 1.82) is 0 Å². The Morgan fingerprint density at radius 2 is 1.92 bits per heavy atom. The molecule has 0 saturated carbocycles. The van der Waals surface area contributed by atoms with Gasteiger partial charge in [-0.15, -0.1) is 0 Å². The van der Waals surface area contributed by atoms with Crippen molar-refractivity contribution in [2.24, 2.45) is 5.92 Å². The van der Waals surface area contributed by atoms with Crippen LogP contribution >= 0.6 is 0 Å². The van der Waals surface area contributed by atoms with Crippen LogP contribution in [-0.2, 0) is 9.53 Å². The topological polar surface area (TPSA) is 50.8 Å². The number of benzene rings is 1. The van der Waals surface area contributed by atoms with Crippen molar-refractivity contribution in [3.63, 3.8) is 0 Å². The molecule has 2 heterocycles. The Morgan fingerprint density at radius 3 is 2.65 bits per heavy atom. The molecule has 1 aromatic rings. The van der Waals surface area contributed by atoms with Gasteiger partial charge in [-0.1, -0.05) is 44.9 Å². The van der Waals surface area contributed by atoms with E-state index >= 15 is 0 Å². The number of carbonyl (C=O) groups excluding carboxylic acids is 1. The van der Waals surface area contributed by atoms with E-state index in [1.54, 1.807) is 0 Å². The van der Waals surface area contributed by atoms with E-state index in [0.29, 0.717) is 30.7 Å². The van der Waals surface area contributed by atoms with Crippen molar-refractivity contribution in [1.82, 2.24) is 10.2 Å². The summed E-state index contributed by atoms with van der Waals surface area (Å²) < 4.78 is 11.2. The molecule has 1 N–H and O–H groups in total. The van der Waals surface area contributed by atoms with E-state index in [-0.39, 0.29) is 5.91 Å². The Hall–Kier alpha value is -1.85. The lowest BCUT2D eigenvalue weighted by Crippen LogP contribution is -2.52. The SMILES string of the molecule is CCC(CC)C(CNC(=O)C1=Cc2ccccc2OC1)N1CCOCC1. The van der Waals surface area contributed by atoms with Gasteiger partial charge in [-0.2, -0.15) is 0 Å². The molecule has 0 spiro atoms. The molecule has 26 heavy (non-hydrogen) atoms. The zero-order valence-corrected chi connectivity index (χ0v) is 15.9. The van der Waals surface area contributed by atoms with Crippen LogP contribution in [0.4, 0.5) is 0 Å². The molecule has 1 fully saturated rings. The summed E-state index contributed by atoms with van der Waals surface area (Å²) in [5.74, 6) is 1.39. The monoisotopic (exact) mass is 358 g/mol. The van der Waals surface area contributed by atoms with Crippen molar-refractivity contribution in [2.45, 2.75) is 32.7 Å². The molecule has 1 aromatic carbocycles. The lowest BCUT2D eigenvalue weighted by atomic mass is 9.92. The minimum Gasteiger partial charge on any atom is -0.488 e. The summed E-state index contributed by atoms with van der Waals surface area (Å²) in [6.45, 7) is 8.91. The summed E-state index contributed by atoms with van der Waals surface area (Å²) in [5, 5.41) is 3.16. The van der Waals surface area contributed by atoms with Crippen molar-refractivity contribution in [3.05, 3.63) is 35.4 Å². The lowest BCUT2D eigenvalue weighted by Gasteiger charge is -2.38. The standard InChI is InChI=1S/C21H30N2O3/c1-3-16(4-2)19(23-9-11-25-12-10-23)14-22-21(24)18-13-17-7-5-6-8-20(17)26-15-18/h5-8,13,16,19H,3-4,9-12,14-15H2,1-2H3,(H,22,24). The molecule has 1 atom stereocenters. The van der Waals surface area contributed by atoms with Gasteiger partial charge in [0.15, 0.2) is 0 Å². The second-order valence-electron chi connectivity index (χ2n) is 7.00. The van der Waals surface area contributed by atoms with Gasteiger partial charge in [0.1, 0.15) is 12.4 Å². The van der Waals surface area contributed by atoms with Gasteiger partial charge in [0, 0.05) is 31.2 Å². The minimum atomic E-state index is -0.0243. The highest BCUT2D eigenvalue weighted by atomic mass is 16.5. The van der Waals surface area contributed by atoms with Crippen molar-refractivity contribution < 1.29 is 14.3 Å². The quantitative estimate of drug-likeness (QED) is 0.814. The van der Waals surface area contributed by atoms with Gasteiger partial charge < -0.3 is 14.8 Å². The molecule has 2 aliphatic rings. The van der Waals surface area contributed by atoms with Crippen LogP contribution in [-0.4, -0.2) is 56.3 Å². The van der Waals surface area contributed by atoms with E-state index in [2.05, 4.69) is 24.1 Å². The summed E-state index contributed by atoms with van der Waals surface area (Å²) in [7, 11) is 0. The predicted molar refractivity (Wildman–Crippen MR) is 103 cm³/mol. The summed E-state index contributed by atoms with van der Waals surface area (Å²) in [5.41, 5.74) is 1.66. The van der Waals surface area contributed by atoms with Crippen LogP contribution in [0.3, 0.4) is 0 Å². The Balaban J connectivity index is 1.64. The highest BCUT2D eigenvalue weighted by molar-refractivity contribution is 5.99. The molecular formula is C21H30N2O3. The second kappa shape index (κ2) is 9.19. The molecule has 5 heteroatoms. The number of ether oxygens (including phenoxy) is 2. The van der Waals surface area contributed by atoms with Gasteiger partial charge in [0.25, 0.3) is 5.91 Å². The van der Waals surface area contributed by atoms with Crippen molar-refractivity contribution in [2.75, 3.05) is 39.5 Å². The molecular weight excluding hydrogens is 328 g/mol. The molecule has 0 radical (unpaired) electrons. The molecule has 142 valence electrons. The Morgan fingerprint density at radius 1 is 1.19 bits per heavy atom. The fourth-order valence-electron chi connectivity index (χ4n) is 3.89. The second-order valence-corrected chi connectivity index (χ2v) is 7.00. The number of hydrogen-bond donors (Lipinski definition) is 1. The van der Waals surface area contributed by atoms with Gasteiger partial charge in [0.2, 0.25) is 0 Å². The molecule has 5 nitrogen and oxygen atoms in total. The first kappa shape index (κ1) is 18.9. The number of nitrogens with one attached hydrogen (secondary N) is 1. The summed E-state index contributed by atoms with van der Waals surface area (Å²) in [4.78, 5) is 15.2. The van der Waals surface area contributed by atoms with Crippen LogP contribution in [0.5, 0.6) is 5.75 Å². The number of hydrogen-bond acceptors (Lipinski definition) is 4. The summed E-state index contributed by atoms with van der Waals surface area (Å²) in [6.07, 6.45) is 4.18. The predicted octanol–water partition coefficient (Wildman–Crippen LogP) is 2.72. The van der Waals surface area contributed by atoms with Crippen LogP contribution in [0.2, 0.25) is 0 Å². The third-order valence-corrected chi connectivity index (χ3v) is 5.50. The Labute approximate surface area is 156 Å². The third kappa shape index (κ3) is 4.46. The van der Waals surface area contributed by atoms with E-state index in [9.17, 15) is 4.79 Å². The maximum atomic E-state index is 12.7. The van der Waals surface area contributed by atoms with E-state index in [1.165, 1.54) is 0 Å². The molecule has 1 unspecified atom stereocenters. The maximum Gasteiger partial charge on any atom is 0.250 e. The smallest absolute Gasteiger partial charge is 0.250 e. The van der Waals surface area contributed by atoms with Gasteiger partial charge in [-0.3, -0.25) is 9.69 Å².